The molecular formula is C11H20F2. The van der Waals surface area contributed by atoms with E-state index in [-0.39, 0.29) is 12.8 Å². The van der Waals surface area contributed by atoms with Crippen molar-refractivity contribution in [3.8, 4) is 0 Å². The molecule has 0 N–H and O–H groups in total. The standard InChI is InChI=1S/C11H20F2/c1-3-5-6-9(4-2)10-7-11(12,13)8-10/h9-10H,3-8H2,1-2H3. The van der Waals surface area contributed by atoms with Crippen molar-refractivity contribution in [3.63, 3.8) is 0 Å². The minimum atomic E-state index is -2.33. The first-order valence-electron chi connectivity index (χ1n) is 5.47. The van der Waals surface area contributed by atoms with Gasteiger partial charge < -0.3 is 0 Å². The van der Waals surface area contributed by atoms with Crippen molar-refractivity contribution in [2.75, 3.05) is 0 Å². The van der Waals surface area contributed by atoms with Gasteiger partial charge in [-0.1, -0.05) is 39.5 Å². The Morgan fingerprint density at radius 3 is 2.31 bits per heavy atom. The number of hydrogen-bond donors (Lipinski definition) is 0. The molecule has 0 bridgehead atoms. The van der Waals surface area contributed by atoms with Crippen LogP contribution in [-0.4, -0.2) is 5.92 Å². The fourth-order valence-electron chi connectivity index (χ4n) is 2.28. The summed E-state index contributed by atoms with van der Waals surface area (Å²) in [5, 5.41) is 0. The van der Waals surface area contributed by atoms with Gasteiger partial charge in [0.25, 0.3) is 0 Å². The molecule has 0 aliphatic heterocycles. The van der Waals surface area contributed by atoms with Gasteiger partial charge >= 0.3 is 0 Å². The molecule has 78 valence electrons. The maximum atomic E-state index is 12.6. The van der Waals surface area contributed by atoms with Crippen molar-refractivity contribution in [3.05, 3.63) is 0 Å². The van der Waals surface area contributed by atoms with E-state index in [1.165, 1.54) is 12.8 Å². The van der Waals surface area contributed by atoms with Crippen LogP contribution in [0.5, 0.6) is 0 Å². The number of unbranched alkanes of at least 4 members (excludes halogenated alkanes) is 1. The summed E-state index contributed by atoms with van der Waals surface area (Å²) in [5.74, 6) is -1.46. The second-order valence-electron chi connectivity index (χ2n) is 4.33. The zero-order chi connectivity index (χ0) is 9.90. The van der Waals surface area contributed by atoms with Gasteiger partial charge in [0, 0.05) is 12.8 Å². The Balaban J connectivity index is 2.25. The topological polar surface area (TPSA) is 0 Å². The highest BCUT2D eigenvalue weighted by atomic mass is 19.3. The molecule has 0 aromatic heterocycles. The van der Waals surface area contributed by atoms with Crippen LogP contribution >= 0.6 is 0 Å². The van der Waals surface area contributed by atoms with E-state index in [1.807, 2.05) is 0 Å². The molecule has 0 nitrogen and oxygen atoms in total. The predicted octanol–water partition coefficient (Wildman–Crippen LogP) is 4.25. The maximum Gasteiger partial charge on any atom is 0.248 e. The van der Waals surface area contributed by atoms with E-state index in [0.29, 0.717) is 11.8 Å². The average molecular weight is 190 g/mol. The van der Waals surface area contributed by atoms with Crippen molar-refractivity contribution in [2.45, 2.75) is 58.3 Å². The van der Waals surface area contributed by atoms with Crippen molar-refractivity contribution in [2.24, 2.45) is 11.8 Å². The van der Waals surface area contributed by atoms with Crippen molar-refractivity contribution in [1.82, 2.24) is 0 Å². The first-order valence-corrected chi connectivity index (χ1v) is 5.47. The largest absolute Gasteiger partial charge is 0.248 e. The van der Waals surface area contributed by atoms with E-state index in [1.54, 1.807) is 0 Å². The van der Waals surface area contributed by atoms with Crippen molar-refractivity contribution in [1.29, 1.82) is 0 Å². The third kappa shape index (κ3) is 2.92. The monoisotopic (exact) mass is 190 g/mol. The zero-order valence-electron chi connectivity index (χ0n) is 8.65. The van der Waals surface area contributed by atoms with E-state index in [9.17, 15) is 8.78 Å². The van der Waals surface area contributed by atoms with Crippen molar-refractivity contribution < 1.29 is 8.78 Å². The highest BCUT2D eigenvalue weighted by Crippen LogP contribution is 2.48. The predicted molar refractivity (Wildman–Crippen MR) is 51.0 cm³/mol. The first kappa shape index (κ1) is 10.9. The molecule has 1 atom stereocenters. The van der Waals surface area contributed by atoms with Gasteiger partial charge in [0.1, 0.15) is 0 Å². The maximum absolute atomic E-state index is 12.6. The lowest BCUT2D eigenvalue weighted by molar-refractivity contribution is -0.127. The van der Waals surface area contributed by atoms with E-state index < -0.39 is 5.92 Å². The molecule has 0 aromatic rings. The first-order chi connectivity index (χ1) is 6.09. The summed E-state index contributed by atoms with van der Waals surface area (Å²) in [6.07, 6.45) is 4.89. The molecule has 0 radical (unpaired) electrons. The molecule has 0 saturated heterocycles. The molecule has 1 saturated carbocycles. The summed E-state index contributed by atoms with van der Waals surface area (Å²) >= 11 is 0. The highest BCUT2D eigenvalue weighted by molar-refractivity contribution is 4.89. The fourth-order valence-corrected chi connectivity index (χ4v) is 2.28. The lowest BCUT2D eigenvalue weighted by Crippen LogP contribution is -2.39. The zero-order valence-corrected chi connectivity index (χ0v) is 8.65. The number of hydrogen-bond acceptors (Lipinski definition) is 0. The van der Waals surface area contributed by atoms with Gasteiger partial charge in [-0.05, 0) is 11.8 Å². The van der Waals surface area contributed by atoms with Crippen LogP contribution in [0.3, 0.4) is 0 Å². The van der Waals surface area contributed by atoms with Crippen LogP contribution in [-0.2, 0) is 0 Å². The Hall–Kier alpha value is -0.140. The Bertz CT molecular complexity index is 146. The molecule has 1 rings (SSSR count). The smallest absolute Gasteiger partial charge is 0.207 e. The van der Waals surface area contributed by atoms with Crippen LogP contribution in [0.1, 0.15) is 52.4 Å². The van der Waals surface area contributed by atoms with Gasteiger partial charge in [0.15, 0.2) is 0 Å². The van der Waals surface area contributed by atoms with E-state index in [2.05, 4.69) is 13.8 Å². The minimum Gasteiger partial charge on any atom is -0.207 e. The van der Waals surface area contributed by atoms with Gasteiger partial charge in [-0.2, -0.15) is 0 Å². The molecule has 1 aliphatic carbocycles. The lowest BCUT2D eigenvalue weighted by atomic mass is 9.70. The third-order valence-electron chi connectivity index (χ3n) is 3.24. The number of halogens is 2. The summed E-state index contributed by atoms with van der Waals surface area (Å²) in [5.41, 5.74) is 0. The SMILES string of the molecule is CCCCC(CC)C1CC(F)(F)C1. The van der Waals surface area contributed by atoms with Crippen molar-refractivity contribution >= 4 is 0 Å². The molecular weight excluding hydrogens is 170 g/mol. The van der Waals surface area contributed by atoms with Crippen LogP contribution in [0, 0.1) is 11.8 Å². The molecule has 0 spiro atoms. The summed E-state index contributed by atoms with van der Waals surface area (Å²) in [4.78, 5) is 0. The normalized spacial score (nSPS) is 24.0. The third-order valence-corrected chi connectivity index (χ3v) is 3.24. The lowest BCUT2D eigenvalue weighted by Gasteiger charge is -2.40. The summed E-state index contributed by atoms with van der Waals surface area (Å²) in [6.45, 7) is 4.28. The summed E-state index contributed by atoms with van der Waals surface area (Å²) in [7, 11) is 0. The number of alkyl halides is 2. The molecule has 1 fully saturated rings. The van der Waals surface area contributed by atoms with E-state index in [0.717, 1.165) is 12.8 Å². The highest BCUT2D eigenvalue weighted by Gasteiger charge is 2.47. The molecule has 1 unspecified atom stereocenters. The van der Waals surface area contributed by atoms with Gasteiger partial charge in [0.05, 0.1) is 0 Å². The second-order valence-corrected chi connectivity index (χ2v) is 4.33. The molecule has 0 amide bonds. The summed E-state index contributed by atoms with van der Waals surface area (Å²) < 4.78 is 25.2. The van der Waals surface area contributed by atoms with Crippen LogP contribution in [0.2, 0.25) is 0 Å². The van der Waals surface area contributed by atoms with Crippen LogP contribution in [0.4, 0.5) is 8.78 Å². The molecule has 0 aromatic carbocycles. The van der Waals surface area contributed by atoms with Crippen LogP contribution in [0.15, 0.2) is 0 Å². The van der Waals surface area contributed by atoms with Gasteiger partial charge in [0.2, 0.25) is 5.92 Å². The van der Waals surface area contributed by atoms with Gasteiger partial charge in [-0.25, -0.2) is 8.78 Å². The molecule has 2 heteroatoms. The molecule has 0 heterocycles. The molecule has 13 heavy (non-hydrogen) atoms. The Kier molecular flexibility index (Phi) is 3.69. The summed E-state index contributed by atoms with van der Waals surface area (Å²) in [6, 6.07) is 0. The minimum absolute atomic E-state index is 0.148. The van der Waals surface area contributed by atoms with E-state index >= 15 is 0 Å². The Morgan fingerprint density at radius 1 is 1.31 bits per heavy atom. The second kappa shape index (κ2) is 4.39. The quantitative estimate of drug-likeness (QED) is 0.608. The Labute approximate surface area is 79.7 Å². The van der Waals surface area contributed by atoms with Crippen LogP contribution < -0.4 is 0 Å². The van der Waals surface area contributed by atoms with Crippen LogP contribution in [0.25, 0.3) is 0 Å². The fraction of sp³-hybridized carbons (Fsp3) is 1.00. The van der Waals surface area contributed by atoms with Gasteiger partial charge in [-0.3, -0.25) is 0 Å². The molecule has 1 aliphatic rings. The number of rotatable bonds is 5. The average Bonchev–Trinajstić information content (AvgIpc) is 2.02. The van der Waals surface area contributed by atoms with Gasteiger partial charge in [-0.15, -0.1) is 0 Å². The van der Waals surface area contributed by atoms with E-state index in [4.69, 9.17) is 0 Å². The Morgan fingerprint density at radius 2 is 1.92 bits per heavy atom.